The lowest BCUT2D eigenvalue weighted by atomic mass is 9.91. The van der Waals surface area contributed by atoms with Gasteiger partial charge in [-0.3, -0.25) is 0 Å². The molecule has 0 aliphatic heterocycles. The monoisotopic (exact) mass is 325 g/mol. The van der Waals surface area contributed by atoms with Crippen LogP contribution in [0.3, 0.4) is 0 Å². The van der Waals surface area contributed by atoms with Crippen molar-refractivity contribution in [2.45, 2.75) is 12.3 Å². The molecule has 0 aliphatic carbocycles. The Labute approximate surface area is 119 Å². The summed E-state index contributed by atoms with van der Waals surface area (Å²) in [4.78, 5) is 0. The van der Waals surface area contributed by atoms with Gasteiger partial charge in [0.25, 0.3) is 0 Å². The summed E-state index contributed by atoms with van der Waals surface area (Å²) in [5, 5.41) is 0. The van der Waals surface area contributed by atoms with Crippen molar-refractivity contribution in [3.05, 3.63) is 69.7 Å². The Balaban J connectivity index is 2.27. The summed E-state index contributed by atoms with van der Waals surface area (Å²) in [5.74, 6) is -0.676. The van der Waals surface area contributed by atoms with Gasteiger partial charge in [0.05, 0.1) is 0 Å². The van der Waals surface area contributed by atoms with Gasteiger partial charge in [-0.2, -0.15) is 0 Å². The van der Waals surface area contributed by atoms with Crippen LogP contribution >= 0.6 is 15.9 Å². The average molecular weight is 326 g/mol. The molecule has 0 bridgehead atoms. The third-order valence-electron chi connectivity index (χ3n) is 3.11. The SMILES string of the molecule is NCC(Cc1ccc(F)cc1Br)c1ccccc1F. The molecule has 1 atom stereocenters. The summed E-state index contributed by atoms with van der Waals surface area (Å²) in [5.41, 5.74) is 7.26. The van der Waals surface area contributed by atoms with Crippen LogP contribution in [0.4, 0.5) is 8.78 Å². The molecule has 2 rings (SSSR count). The number of nitrogens with two attached hydrogens (primary N) is 1. The maximum atomic E-state index is 13.8. The predicted molar refractivity (Wildman–Crippen MR) is 76.0 cm³/mol. The normalized spacial score (nSPS) is 12.4. The summed E-state index contributed by atoms with van der Waals surface area (Å²) in [6, 6.07) is 11.1. The highest BCUT2D eigenvalue weighted by Gasteiger charge is 2.16. The molecule has 0 radical (unpaired) electrons. The van der Waals surface area contributed by atoms with Crippen LogP contribution in [0.2, 0.25) is 0 Å². The van der Waals surface area contributed by atoms with Gasteiger partial charge in [0.2, 0.25) is 0 Å². The van der Waals surface area contributed by atoms with E-state index in [1.807, 2.05) is 0 Å². The molecule has 0 aliphatic rings. The fourth-order valence-corrected chi connectivity index (χ4v) is 2.59. The highest BCUT2D eigenvalue weighted by molar-refractivity contribution is 9.10. The third kappa shape index (κ3) is 3.39. The molecule has 1 nitrogen and oxygen atoms in total. The first kappa shape index (κ1) is 14.2. The minimum Gasteiger partial charge on any atom is -0.330 e. The highest BCUT2D eigenvalue weighted by atomic mass is 79.9. The lowest BCUT2D eigenvalue weighted by molar-refractivity contribution is 0.574. The Morgan fingerprint density at radius 2 is 1.84 bits per heavy atom. The zero-order chi connectivity index (χ0) is 13.8. The van der Waals surface area contributed by atoms with Gasteiger partial charge >= 0.3 is 0 Å². The minimum atomic E-state index is -0.300. The van der Waals surface area contributed by atoms with Crippen LogP contribution in [-0.4, -0.2) is 6.54 Å². The molecule has 2 aromatic rings. The van der Waals surface area contributed by atoms with E-state index >= 15 is 0 Å². The van der Waals surface area contributed by atoms with Crippen LogP contribution in [0.15, 0.2) is 46.9 Å². The molecule has 0 spiro atoms. The van der Waals surface area contributed by atoms with Crippen LogP contribution in [0.5, 0.6) is 0 Å². The zero-order valence-electron chi connectivity index (χ0n) is 10.2. The molecular formula is C15H14BrF2N. The second kappa shape index (κ2) is 6.26. The number of hydrogen-bond acceptors (Lipinski definition) is 1. The summed E-state index contributed by atoms with van der Waals surface area (Å²) in [6.45, 7) is 0.338. The molecule has 2 N–H and O–H groups in total. The Hall–Kier alpha value is -1.26. The summed E-state index contributed by atoms with van der Waals surface area (Å²) in [7, 11) is 0. The molecule has 2 aromatic carbocycles. The molecule has 0 aromatic heterocycles. The van der Waals surface area contributed by atoms with Gasteiger partial charge in [-0.1, -0.05) is 40.2 Å². The molecular weight excluding hydrogens is 312 g/mol. The topological polar surface area (TPSA) is 26.0 Å². The molecule has 0 saturated carbocycles. The Bertz CT molecular complexity index is 572. The first-order chi connectivity index (χ1) is 9.11. The van der Waals surface area contributed by atoms with Gasteiger partial charge in [0.15, 0.2) is 0 Å². The van der Waals surface area contributed by atoms with E-state index in [9.17, 15) is 8.78 Å². The number of rotatable bonds is 4. The van der Waals surface area contributed by atoms with Crippen molar-refractivity contribution in [3.63, 3.8) is 0 Å². The van der Waals surface area contributed by atoms with E-state index < -0.39 is 0 Å². The lowest BCUT2D eigenvalue weighted by Crippen LogP contribution is -2.16. The third-order valence-corrected chi connectivity index (χ3v) is 3.85. The highest BCUT2D eigenvalue weighted by Crippen LogP contribution is 2.27. The summed E-state index contributed by atoms with van der Waals surface area (Å²) >= 11 is 3.32. The summed E-state index contributed by atoms with van der Waals surface area (Å²) in [6.07, 6.45) is 0.568. The molecule has 4 heteroatoms. The number of hydrogen-bond donors (Lipinski definition) is 1. The van der Waals surface area contributed by atoms with Gasteiger partial charge in [-0.25, -0.2) is 8.78 Å². The van der Waals surface area contributed by atoms with E-state index in [-0.39, 0.29) is 17.6 Å². The van der Waals surface area contributed by atoms with Crippen molar-refractivity contribution in [2.24, 2.45) is 5.73 Å². The summed E-state index contributed by atoms with van der Waals surface area (Å²) < 4.78 is 27.5. The molecule has 19 heavy (non-hydrogen) atoms. The van der Waals surface area contributed by atoms with Crippen molar-refractivity contribution in [2.75, 3.05) is 6.54 Å². The van der Waals surface area contributed by atoms with Gasteiger partial charge in [0.1, 0.15) is 11.6 Å². The first-order valence-corrected chi connectivity index (χ1v) is 6.79. The van der Waals surface area contributed by atoms with Gasteiger partial charge in [-0.05, 0) is 42.3 Å². The lowest BCUT2D eigenvalue weighted by Gasteiger charge is -2.17. The molecule has 0 amide bonds. The van der Waals surface area contributed by atoms with Gasteiger partial charge < -0.3 is 5.73 Å². The maximum absolute atomic E-state index is 13.8. The van der Waals surface area contributed by atoms with Crippen LogP contribution < -0.4 is 5.73 Å². The first-order valence-electron chi connectivity index (χ1n) is 6.00. The van der Waals surface area contributed by atoms with Gasteiger partial charge in [0, 0.05) is 10.4 Å². The number of halogens is 3. The zero-order valence-corrected chi connectivity index (χ0v) is 11.8. The van der Waals surface area contributed by atoms with Crippen LogP contribution in [0, 0.1) is 11.6 Å². The number of benzene rings is 2. The van der Waals surface area contributed by atoms with Crippen LogP contribution in [0.1, 0.15) is 17.0 Å². The van der Waals surface area contributed by atoms with Crippen molar-refractivity contribution in [3.8, 4) is 0 Å². The fourth-order valence-electron chi connectivity index (χ4n) is 2.08. The maximum Gasteiger partial charge on any atom is 0.126 e. The molecule has 1 unspecified atom stereocenters. The Morgan fingerprint density at radius 1 is 1.11 bits per heavy atom. The standard InChI is InChI=1S/C15H14BrF2N/c16-14-8-12(17)6-5-10(14)7-11(9-19)13-3-1-2-4-15(13)18/h1-6,8,11H,7,9,19H2. The molecule has 100 valence electrons. The van der Waals surface area contributed by atoms with E-state index in [0.717, 1.165) is 5.56 Å². The molecule has 0 heterocycles. The smallest absolute Gasteiger partial charge is 0.126 e. The Kier molecular flexibility index (Phi) is 4.66. The van der Waals surface area contributed by atoms with E-state index in [1.54, 1.807) is 24.3 Å². The molecule has 0 saturated heterocycles. The van der Waals surface area contributed by atoms with Crippen molar-refractivity contribution in [1.82, 2.24) is 0 Å². The molecule has 0 fully saturated rings. The van der Waals surface area contributed by atoms with Crippen LogP contribution in [0.25, 0.3) is 0 Å². The van der Waals surface area contributed by atoms with E-state index in [2.05, 4.69) is 15.9 Å². The Morgan fingerprint density at radius 3 is 2.47 bits per heavy atom. The van der Waals surface area contributed by atoms with E-state index in [1.165, 1.54) is 18.2 Å². The quantitative estimate of drug-likeness (QED) is 0.903. The largest absolute Gasteiger partial charge is 0.330 e. The van der Waals surface area contributed by atoms with Crippen molar-refractivity contribution in [1.29, 1.82) is 0 Å². The van der Waals surface area contributed by atoms with E-state index in [0.29, 0.717) is 23.0 Å². The van der Waals surface area contributed by atoms with Crippen LogP contribution in [-0.2, 0) is 6.42 Å². The second-order valence-electron chi connectivity index (χ2n) is 4.39. The minimum absolute atomic E-state index is 0.122. The van der Waals surface area contributed by atoms with Crippen molar-refractivity contribution < 1.29 is 8.78 Å². The average Bonchev–Trinajstić information content (AvgIpc) is 2.39. The predicted octanol–water partition coefficient (Wildman–Crippen LogP) is 4.01. The second-order valence-corrected chi connectivity index (χ2v) is 5.25. The van der Waals surface area contributed by atoms with Crippen molar-refractivity contribution >= 4 is 15.9 Å². The fraction of sp³-hybridized carbons (Fsp3) is 0.200. The van der Waals surface area contributed by atoms with E-state index in [4.69, 9.17) is 5.73 Å². The van der Waals surface area contributed by atoms with Gasteiger partial charge in [-0.15, -0.1) is 0 Å².